The van der Waals surface area contributed by atoms with Crippen LogP contribution in [0.4, 0.5) is 0 Å². The van der Waals surface area contributed by atoms with Gasteiger partial charge in [-0.05, 0) is 41.9 Å². The maximum absolute atomic E-state index is 12.2. The third-order valence-corrected chi connectivity index (χ3v) is 4.67. The number of benzene rings is 2. The summed E-state index contributed by atoms with van der Waals surface area (Å²) < 4.78 is 0. The molecule has 2 aromatic rings. The van der Waals surface area contributed by atoms with E-state index in [2.05, 4.69) is 29.6 Å². The topological polar surface area (TPSA) is 55.1 Å². The lowest BCUT2D eigenvalue weighted by atomic mass is 9.82. The van der Waals surface area contributed by atoms with Gasteiger partial charge in [0.25, 0.3) is 0 Å². The molecule has 1 aliphatic rings. The Kier molecular flexibility index (Phi) is 6.83. The van der Waals surface area contributed by atoms with Crippen molar-refractivity contribution in [3.63, 3.8) is 0 Å². The molecule has 3 rings (SSSR count). The van der Waals surface area contributed by atoms with Crippen molar-refractivity contribution in [2.45, 2.75) is 31.7 Å². The molecule has 0 spiro atoms. The molecule has 2 unspecified atom stereocenters. The summed E-state index contributed by atoms with van der Waals surface area (Å²) in [4.78, 5) is 12.2. The highest BCUT2D eigenvalue weighted by Gasteiger charge is 2.21. The fourth-order valence-electron chi connectivity index (χ4n) is 3.32. The van der Waals surface area contributed by atoms with Crippen LogP contribution >= 0.6 is 12.4 Å². The van der Waals surface area contributed by atoms with Crippen LogP contribution in [0.2, 0.25) is 0 Å². The number of aryl methyl sites for hydroxylation is 1. The Hall–Kier alpha value is -1.84. The fraction of sp³-hybridized carbons (Fsp3) is 0.350. The molecule has 0 saturated carbocycles. The zero-order chi connectivity index (χ0) is 16.1. The van der Waals surface area contributed by atoms with Crippen LogP contribution in [-0.4, -0.2) is 12.5 Å². The van der Waals surface area contributed by atoms with Gasteiger partial charge in [-0.15, -0.1) is 12.4 Å². The third-order valence-electron chi connectivity index (χ3n) is 4.67. The molecule has 128 valence electrons. The predicted molar refractivity (Wildman–Crippen MR) is 100 cm³/mol. The first-order valence-corrected chi connectivity index (χ1v) is 8.36. The van der Waals surface area contributed by atoms with Gasteiger partial charge in [-0.25, -0.2) is 0 Å². The fourth-order valence-corrected chi connectivity index (χ4v) is 3.32. The van der Waals surface area contributed by atoms with Gasteiger partial charge in [0.05, 0.1) is 0 Å². The van der Waals surface area contributed by atoms with Gasteiger partial charge in [-0.1, -0.05) is 54.6 Å². The number of carbonyl (C=O) groups is 1. The number of fused-ring (bicyclic) bond motifs is 1. The summed E-state index contributed by atoms with van der Waals surface area (Å²) >= 11 is 0. The van der Waals surface area contributed by atoms with E-state index < -0.39 is 0 Å². The Morgan fingerprint density at radius 1 is 1.08 bits per heavy atom. The third kappa shape index (κ3) is 4.83. The zero-order valence-corrected chi connectivity index (χ0v) is 14.6. The van der Waals surface area contributed by atoms with Crippen LogP contribution in [0.3, 0.4) is 0 Å². The van der Waals surface area contributed by atoms with E-state index in [-0.39, 0.29) is 24.4 Å². The Bertz CT molecular complexity index is 660. The van der Waals surface area contributed by atoms with Crippen molar-refractivity contribution < 1.29 is 4.79 Å². The average Bonchev–Trinajstić information content (AvgIpc) is 2.60. The monoisotopic (exact) mass is 344 g/mol. The van der Waals surface area contributed by atoms with Crippen molar-refractivity contribution >= 4 is 18.3 Å². The van der Waals surface area contributed by atoms with E-state index in [1.807, 2.05) is 30.3 Å². The molecule has 0 fully saturated rings. The molecular formula is C20H25ClN2O. The summed E-state index contributed by atoms with van der Waals surface area (Å²) in [6.45, 7) is 0.492. The SMILES string of the molecule is Cl.NC(CNC(=O)CC1CCc2ccccc2C1)c1ccccc1. The molecular weight excluding hydrogens is 320 g/mol. The van der Waals surface area contributed by atoms with Crippen molar-refractivity contribution in [1.29, 1.82) is 0 Å². The van der Waals surface area contributed by atoms with Crippen molar-refractivity contribution in [2.75, 3.05) is 6.54 Å². The van der Waals surface area contributed by atoms with Crippen LogP contribution in [0, 0.1) is 5.92 Å². The molecule has 0 saturated heterocycles. The van der Waals surface area contributed by atoms with Gasteiger partial charge in [0, 0.05) is 19.0 Å². The predicted octanol–water partition coefficient (Wildman–Crippen LogP) is 3.42. The number of carbonyl (C=O) groups excluding carboxylic acids is 1. The molecule has 0 aromatic heterocycles. The molecule has 3 nitrogen and oxygen atoms in total. The molecule has 2 aromatic carbocycles. The highest BCUT2D eigenvalue weighted by atomic mass is 35.5. The van der Waals surface area contributed by atoms with Gasteiger partial charge in [-0.3, -0.25) is 4.79 Å². The van der Waals surface area contributed by atoms with Gasteiger partial charge in [0.15, 0.2) is 0 Å². The smallest absolute Gasteiger partial charge is 0.220 e. The Morgan fingerprint density at radius 3 is 2.50 bits per heavy atom. The first kappa shape index (κ1) is 18.5. The number of halogens is 1. The molecule has 24 heavy (non-hydrogen) atoms. The summed E-state index contributed by atoms with van der Waals surface area (Å²) in [7, 11) is 0. The van der Waals surface area contributed by atoms with E-state index in [9.17, 15) is 4.79 Å². The van der Waals surface area contributed by atoms with E-state index in [0.717, 1.165) is 24.8 Å². The summed E-state index contributed by atoms with van der Waals surface area (Å²) in [6, 6.07) is 18.3. The minimum absolute atomic E-state index is 0. The number of nitrogens with one attached hydrogen (secondary N) is 1. The summed E-state index contributed by atoms with van der Waals surface area (Å²) in [5.74, 6) is 0.554. The highest BCUT2D eigenvalue weighted by molar-refractivity contribution is 5.85. The van der Waals surface area contributed by atoms with Gasteiger partial charge in [-0.2, -0.15) is 0 Å². The summed E-state index contributed by atoms with van der Waals surface area (Å²) in [5.41, 5.74) is 10.0. The van der Waals surface area contributed by atoms with Crippen LogP contribution in [0.1, 0.15) is 35.6 Å². The van der Waals surface area contributed by atoms with E-state index in [0.29, 0.717) is 18.9 Å². The normalized spacial score (nSPS) is 17.3. The first-order chi connectivity index (χ1) is 11.2. The van der Waals surface area contributed by atoms with E-state index in [1.165, 1.54) is 11.1 Å². The van der Waals surface area contributed by atoms with Gasteiger partial charge >= 0.3 is 0 Å². The Balaban J connectivity index is 0.00000208. The quantitative estimate of drug-likeness (QED) is 0.873. The molecule has 3 N–H and O–H groups in total. The number of hydrogen-bond donors (Lipinski definition) is 2. The number of nitrogens with two attached hydrogens (primary N) is 1. The highest BCUT2D eigenvalue weighted by Crippen LogP contribution is 2.27. The lowest BCUT2D eigenvalue weighted by molar-refractivity contribution is -0.122. The lowest BCUT2D eigenvalue weighted by Crippen LogP contribution is -2.33. The number of amides is 1. The standard InChI is InChI=1S/C20H24N2O.ClH/c21-19(17-7-2-1-3-8-17)14-22-20(23)13-15-10-11-16-6-4-5-9-18(16)12-15;/h1-9,15,19H,10-14,21H2,(H,22,23);1H. The largest absolute Gasteiger partial charge is 0.354 e. The van der Waals surface area contributed by atoms with Gasteiger partial charge in [0.1, 0.15) is 0 Å². The molecule has 4 heteroatoms. The van der Waals surface area contributed by atoms with Crippen LogP contribution < -0.4 is 11.1 Å². The molecule has 0 bridgehead atoms. The Morgan fingerprint density at radius 2 is 1.75 bits per heavy atom. The van der Waals surface area contributed by atoms with E-state index in [1.54, 1.807) is 0 Å². The molecule has 0 heterocycles. The second-order valence-electron chi connectivity index (χ2n) is 6.40. The van der Waals surface area contributed by atoms with Gasteiger partial charge in [0.2, 0.25) is 5.91 Å². The van der Waals surface area contributed by atoms with Crippen molar-refractivity contribution in [3.05, 3.63) is 71.3 Å². The number of hydrogen-bond acceptors (Lipinski definition) is 2. The summed E-state index contributed by atoms with van der Waals surface area (Å²) in [6.07, 6.45) is 3.77. The van der Waals surface area contributed by atoms with Crippen LogP contribution in [0.5, 0.6) is 0 Å². The average molecular weight is 345 g/mol. The maximum Gasteiger partial charge on any atom is 0.220 e. The van der Waals surface area contributed by atoms with Crippen molar-refractivity contribution in [2.24, 2.45) is 11.7 Å². The van der Waals surface area contributed by atoms with Crippen LogP contribution in [0.25, 0.3) is 0 Å². The minimum Gasteiger partial charge on any atom is -0.354 e. The van der Waals surface area contributed by atoms with Crippen molar-refractivity contribution in [3.8, 4) is 0 Å². The van der Waals surface area contributed by atoms with Crippen LogP contribution in [-0.2, 0) is 17.6 Å². The van der Waals surface area contributed by atoms with E-state index in [4.69, 9.17) is 5.73 Å². The van der Waals surface area contributed by atoms with Gasteiger partial charge < -0.3 is 11.1 Å². The zero-order valence-electron chi connectivity index (χ0n) is 13.8. The molecule has 0 radical (unpaired) electrons. The maximum atomic E-state index is 12.2. The minimum atomic E-state index is -0.146. The second-order valence-corrected chi connectivity index (χ2v) is 6.40. The Labute approximate surface area is 150 Å². The molecule has 1 amide bonds. The second kappa shape index (κ2) is 8.86. The molecule has 1 aliphatic carbocycles. The first-order valence-electron chi connectivity index (χ1n) is 8.36. The van der Waals surface area contributed by atoms with Crippen LogP contribution in [0.15, 0.2) is 54.6 Å². The molecule has 0 aliphatic heterocycles. The summed E-state index contributed by atoms with van der Waals surface area (Å²) in [5, 5.41) is 2.99. The molecule has 2 atom stereocenters. The van der Waals surface area contributed by atoms with E-state index >= 15 is 0 Å². The van der Waals surface area contributed by atoms with Crippen molar-refractivity contribution in [1.82, 2.24) is 5.32 Å². The lowest BCUT2D eigenvalue weighted by Gasteiger charge is -2.24. The number of rotatable bonds is 5.